The number of benzene rings is 2. The second-order valence-corrected chi connectivity index (χ2v) is 6.74. The van der Waals surface area contributed by atoms with Gasteiger partial charge in [0.05, 0.1) is 21.4 Å². The molecule has 0 aromatic heterocycles. The molecule has 0 saturated heterocycles. The van der Waals surface area contributed by atoms with E-state index in [-0.39, 0.29) is 21.4 Å². The maximum atomic E-state index is 13.5. The van der Waals surface area contributed by atoms with Crippen molar-refractivity contribution < 1.29 is 8.78 Å². The van der Waals surface area contributed by atoms with Crippen LogP contribution in [-0.2, 0) is 0 Å². The summed E-state index contributed by atoms with van der Waals surface area (Å²) in [7, 11) is 2.31. The van der Waals surface area contributed by atoms with Gasteiger partial charge in [0.2, 0.25) is 0 Å². The van der Waals surface area contributed by atoms with Crippen LogP contribution in [0.25, 0.3) is 0 Å². The van der Waals surface area contributed by atoms with Crippen LogP contribution in [0.2, 0.25) is 10.0 Å². The molecule has 2 rings (SSSR count). The molecule has 2 aromatic carbocycles. The van der Waals surface area contributed by atoms with Crippen molar-refractivity contribution in [3.8, 4) is 0 Å². The molecule has 8 heteroatoms. The van der Waals surface area contributed by atoms with Crippen LogP contribution in [0, 0.1) is 11.6 Å². The molecule has 4 N–H and O–H groups in total. The predicted octanol–water partition coefficient (Wildman–Crippen LogP) is 5.24. The summed E-state index contributed by atoms with van der Waals surface area (Å²) in [4.78, 5) is 0.957. The van der Waals surface area contributed by atoms with E-state index < -0.39 is 11.6 Å². The Morgan fingerprint density at radius 1 is 0.750 bits per heavy atom. The molecule has 0 aliphatic heterocycles. The van der Waals surface area contributed by atoms with Crippen LogP contribution in [0.5, 0.6) is 0 Å². The van der Waals surface area contributed by atoms with Crippen molar-refractivity contribution in [2.24, 2.45) is 0 Å². The molecular weight excluding hydrogens is 345 g/mol. The van der Waals surface area contributed by atoms with Crippen LogP contribution in [0.15, 0.2) is 34.1 Å². The van der Waals surface area contributed by atoms with Crippen LogP contribution in [0.1, 0.15) is 0 Å². The molecule has 106 valence electrons. The fourth-order valence-electron chi connectivity index (χ4n) is 1.33. The smallest absolute Gasteiger partial charge is 0.165 e. The second-order valence-electron chi connectivity index (χ2n) is 3.71. The Labute approximate surface area is 132 Å². The summed E-state index contributed by atoms with van der Waals surface area (Å²) in [5.41, 5.74) is 11.1. The highest BCUT2D eigenvalue weighted by molar-refractivity contribution is 8.76. The van der Waals surface area contributed by atoms with Gasteiger partial charge in [-0.3, -0.25) is 0 Å². The summed E-state index contributed by atoms with van der Waals surface area (Å²) < 4.78 is 27.1. The van der Waals surface area contributed by atoms with Gasteiger partial charge < -0.3 is 11.5 Å². The van der Waals surface area contributed by atoms with E-state index in [0.717, 1.165) is 21.6 Å². The third kappa shape index (κ3) is 3.09. The average molecular weight is 353 g/mol. The fraction of sp³-hybridized carbons (Fsp3) is 0. The Kier molecular flexibility index (Phi) is 4.90. The van der Waals surface area contributed by atoms with Gasteiger partial charge in [-0.05, 0) is 24.3 Å². The molecular formula is C12H8Cl2F2N2S2. The van der Waals surface area contributed by atoms with Crippen LogP contribution in [0.4, 0.5) is 20.2 Å². The topological polar surface area (TPSA) is 52.0 Å². The number of halogens is 4. The molecule has 0 spiro atoms. The van der Waals surface area contributed by atoms with E-state index in [1.807, 2.05) is 0 Å². The van der Waals surface area contributed by atoms with E-state index in [9.17, 15) is 8.78 Å². The molecule has 0 unspecified atom stereocenters. The molecule has 0 bridgehead atoms. The quantitative estimate of drug-likeness (QED) is 0.586. The molecule has 0 heterocycles. The van der Waals surface area contributed by atoms with E-state index in [1.165, 1.54) is 12.1 Å². The number of hydrogen-bond donors (Lipinski definition) is 2. The van der Waals surface area contributed by atoms with E-state index >= 15 is 0 Å². The van der Waals surface area contributed by atoms with Crippen LogP contribution in [0.3, 0.4) is 0 Å². The molecule has 0 radical (unpaired) electrons. The third-order valence-corrected chi connectivity index (χ3v) is 5.47. The highest BCUT2D eigenvalue weighted by Crippen LogP contribution is 2.44. The van der Waals surface area contributed by atoms with Gasteiger partial charge in [-0.1, -0.05) is 44.8 Å². The minimum Gasteiger partial charge on any atom is -0.395 e. The van der Waals surface area contributed by atoms with Gasteiger partial charge in [-0.25, -0.2) is 8.78 Å². The van der Waals surface area contributed by atoms with Gasteiger partial charge in [0.25, 0.3) is 0 Å². The number of hydrogen-bond acceptors (Lipinski definition) is 4. The van der Waals surface area contributed by atoms with Crippen LogP contribution >= 0.6 is 44.8 Å². The van der Waals surface area contributed by atoms with Gasteiger partial charge in [0.15, 0.2) is 11.6 Å². The van der Waals surface area contributed by atoms with Crippen molar-refractivity contribution in [3.05, 3.63) is 45.9 Å². The average Bonchev–Trinajstić information content (AvgIpc) is 2.43. The SMILES string of the molecule is Nc1c(SSc2ccc(Cl)c(F)c2N)ccc(Cl)c1F. The van der Waals surface area contributed by atoms with E-state index in [2.05, 4.69) is 0 Å². The molecule has 0 fully saturated rings. The highest BCUT2D eigenvalue weighted by atomic mass is 35.5. The van der Waals surface area contributed by atoms with Crippen molar-refractivity contribution in [3.63, 3.8) is 0 Å². The lowest BCUT2D eigenvalue weighted by Gasteiger charge is -2.09. The van der Waals surface area contributed by atoms with E-state index in [0.29, 0.717) is 9.79 Å². The first kappa shape index (κ1) is 15.6. The van der Waals surface area contributed by atoms with Crippen molar-refractivity contribution in [1.82, 2.24) is 0 Å². The summed E-state index contributed by atoms with van der Waals surface area (Å²) in [6.07, 6.45) is 0. The largest absolute Gasteiger partial charge is 0.395 e. The molecule has 2 nitrogen and oxygen atoms in total. The minimum atomic E-state index is -0.674. The van der Waals surface area contributed by atoms with Crippen molar-refractivity contribution in [2.45, 2.75) is 9.79 Å². The lowest BCUT2D eigenvalue weighted by molar-refractivity contribution is 0.629. The lowest BCUT2D eigenvalue weighted by Crippen LogP contribution is -1.95. The maximum absolute atomic E-state index is 13.5. The molecule has 20 heavy (non-hydrogen) atoms. The highest BCUT2D eigenvalue weighted by Gasteiger charge is 2.13. The molecule has 0 amide bonds. The Morgan fingerprint density at radius 3 is 1.45 bits per heavy atom. The molecule has 0 saturated carbocycles. The fourth-order valence-corrected chi connectivity index (χ4v) is 3.86. The van der Waals surface area contributed by atoms with Crippen molar-refractivity contribution in [2.75, 3.05) is 11.5 Å². The maximum Gasteiger partial charge on any atom is 0.165 e. The first-order valence-electron chi connectivity index (χ1n) is 5.23. The monoisotopic (exact) mass is 352 g/mol. The van der Waals surface area contributed by atoms with Crippen LogP contribution < -0.4 is 11.5 Å². The molecule has 0 aliphatic rings. The summed E-state index contributed by atoms with van der Waals surface area (Å²) in [6, 6.07) is 5.98. The van der Waals surface area contributed by atoms with Crippen LogP contribution in [-0.4, -0.2) is 0 Å². The number of nitrogen functional groups attached to an aromatic ring is 2. The first-order chi connectivity index (χ1) is 9.41. The Hall–Kier alpha value is -0.820. The Morgan fingerprint density at radius 2 is 1.10 bits per heavy atom. The number of anilines is 2. The Bertz CT molecular complexity index is 611. The van der Waals surface area contributed by atoms with Crippen molar-refractivity contribution in [1.29, 1.82) is 0 Å². The van der Waals surface area contributed by atoms with Gasteiger partial charge in [-0.2, -0.15) is 0 Å². The summed E-state index contributed by atoms with van der Waals surface area (Å²) in [5.74, 6) is -1.35. The predicted molar refractivity (Wildman–Crippen MR) is 83.4 cm³/mol. The van der Waals surface area contributed by atoms with E-state index in [1.54, 1.807) is 12.1 Å². The summed E-state index contributed by atoms with van der Waals surface area (Å²) >= 11 is 11.2. The molecule has 2 aromatic rings. The third-order valence-electron chi connectivity index (χ3n) is 2.41. The Balaban J connectivity index is 2.22. The van der Waals surface area contributed by atoms with E-state index in [4.69, 9.17) is 34.7 Å². The van der Waals surface area contributed by atoms with Gasteiger partial charge >= 0.3 is 0 Å². The normalized spacial score (nSPS) is 10.8. The summed E-state index contributed by atoms with van der Waals surface area (Å²) in [5, 5.41) is -0.0946. The molecule has 0 aliphatic carbocycles. The standard InChI is InChI=1S/C12H8Cl2F2N2S2/c13-5-1-3-7(11(17)9(5)15)19-20-8-4-2-6(14)10(16)12(8)18/h1-4H,17-18H2. The second kappa shape index (κ2) is 6.30. The minimum absolute atomic E-state index is 0.0473. The number of nitrogens with two attached hydrogens (primary N) is 2. The zero-order valence-electron chi connectivity index (χ0n) is 9.79. The zero-order valence-corrected chi connectivity index (χ0v) is 12.9. The first-order valence-corrected chi connectivity index (χ1v) is 8.14. The van der Waals surface area contributed by atoms with Crippen molar-refractivity contribution >= 4 is 56.2 Å². The van der Waals surface area contributed by atoms with Gasteiger partial charge in [-0.15, -0.1) is 0 Å². The van der Waals surface area contributed by atoms with Gasteiger partial charge in [0, 0.05) is 9.79 Å². The number of rotatable bonds is 3. The lowest BCUT2D eigenvalue weighted by atomic mass is 10.3. The van der Waals surface area contributed by atoms with Gasteiger partial charge in [0.1, 0.15) is 0 Å². The zero-order chi connectivity index (χ0) is 14.9. The molecule has 0 atom stereocenters. The summed E-state index contributed by atoms with van der Waals surface area (Å²) in [6.45, 7) is 0.